The van der Waals surface area contributed by atoms with Gasteiger partial charge in [0.15, 0.2) is 0 Å². The van der Waals surface area contributed by atoms with Crippen molar-refractivity contribution in [1.82, 2.24) is 24.7 Å². The molecule has 3 atom stereocenters. The van der Waals surface area contributed by atoms with Crippen LogP contribution in [0.1, 0.15) is 38.8 Å². The van der Waals surface area contributed by atoms with Crippen molar-refractivity contribution in [3.05, 3.63) is 24.2 Å². The van der Waals surface area contributed by atoms with E-state index in [1.807, 2.05) is 6.07 Å². The Morgan fingerprint density at radius 3 is 2.74 bits per heavy atom. The molecule has 4 heterocycles. The van der Waals surface area contributed by atoms with Gasteiger partial charge in [0.1, 0.15) is 29.2 Å². The fourth-order valence-electron chi connectivity index (χ4n) is 3.54. The van der Waals surface area contributed by atoms with E-state index in [0.717, 1.165) is 23.8 Å². The van der Waals surface area contributed by atoms with Crippen LogP contribution in [0.2, 0.25) is 0 Å². The van der Waals surface area contributed by atoms with E-state index >= 15 is 0 Å². The molecule has 13 heteroatoms. The lowest BCUT2D eigenvalue weighted by Crippen LogP contribution is -2.52. The lowest BCUT2D eigenvalue weighted by molar-refractivity contribution is -0.119. The van der Waals surface area contributed by atoms with E-state index in [-0.39, 0.29) is 11.8 Å². The summed E-state index contributed by atoms with van der Waals surface area (Å²) >= 11 is 0. The first-order valence-corrected chi connectivity index (χ1v) is 11.0. The molecule has 10 nitrogen and oxygen atoms in total. The van der Waals surface area contributed by atoms with Gasteiger partial charge in [-0.15, -0.1) is 5.10 Å². The van der Waals surface area contributed by atoms with Crippen molar-refractivity contribution in [2.45, 2.75) is 50.1 Å². The Bertz CT molecular complexity index is 1190. The van der Waals surface area contributed by atoms with E-state index in [0.29, 0.717) is 35.3 Å². The second-order valence-corrected chi connectivity index (χ2v) is 9.07. The number of aromatic amines is 1. The van der Waals surface area contributed by atoms with Gasteiger partial charge in [0, 0.05) is 24.8 Å². The predicted octanol–water partition coefficient (Wildman–Crippen LogP) is 1.18. The van der Waals surface area contributed by atoms with Crippen molar-refractivity contribution < 1.29 is 14.6 Å². The summed E-state index contributed by atoms with van der Waals surface area (Å²) in [4.78, 5) is 11.4. The minimum Gasteiger partial charge on any atom is -0.469 e. The summed E-state index contributed by atoms with van der Waals surface area (Å²) in [6.45, 7) is 5.88. The third kappa shape index (κ3) is 5.40. The van der Waals surface area contributed by atoms with Crippen LogP contribution in [-0.2, 0) is 9.97 Å². The average molecular weight is 455 g/mol. The molecule has 3 aromatic rings. The second-order valence-electron chi connectivity index (χ2n) is 9.07. The van der Waals surface area contributed by atoms with Gasteiger partial charge in [-0.05, 0) is 43.4 Å². The first-order chi connectivity index (χ1) is 16.0. The van der Waals surface area contributed by atoms with Crippen molar-refractivity contribution in [3.8, 4) is 11.9 Å². The molecule has 2 unspecified atom stereocenters. The number of H-pyrrole nitrogens is 1. The molecule has 34 heavy (non-hydrogen) atoms. The summed E-state index contributed by atoms with van der Waals surface area (Å²) < 4.78 is 12.0. The van der Waals surface area contributed by atoms with Gasteiger partial charge in [-0.3, -0.25) is 4.68 Å². The quantitative estimate of drug-likeness (QED) is 0.489. The van der Waals surface area contributed by atoms with Crippen molar-refractivity contribution in [2.75, 3.05) is 18.5 Å². The van der Waals surface area contributed by atoms with Crippen molar-refractivity contribution in [1.29, 1.82) is 5.26 Å². The van der Waals surface area contributed by atoms with E-state index in [1.165, 1.54) is 12.6 Å². The number of nitrogens with zero attached hydrogens (tertiary/aromatic N) is 5. The van der Waals surface area contributed by atoms with E-state index in [9.17, 15) is 5.11 Å². The Balaban J connectivity index is 0.000000398. The molecule has 2 aliphatic rings. The van der Waals surface area contributed by atoms with Gasteiger partial charge in [-0.1, -0.05) is 6.92 Å². The summed E-state index contributed by atoms with van der Waals surface area (Å²) in [6.07, 6.45) is 5.18. The molecule has 3 aromatic heterocycles. The first-order valence-electron chi connectivity index (χ1n) is 11.0. The zero-order valence-electron chi connectivity index (χ0n) is 19.2. The minimum atomic E-state index is -1.74. The molecule has 1 saturated carbocycles. The molecule has 6 radical (unpaired) electrons. The Labute approximate surface area is 201 Å². The number of ether oxygens (including phenoxy) is 2. The van der Waals surface area contributed by atoms with Gasteiger partial charge in [0.2, 0.25) is 5.95 Å². The number of nitrogens with one attached hydrogen (secondary N) is 2. The fraction of sp³-hybridized carbons (Fsp3) is 0.524. The smallest absolute Gasteiger partial charge is 0.257 e. The van der Waals surface area contributed by atoms with Crippen LogP contribution in [0, 0.1) is 17.2 Å². The molecule has 0 aromatic carbocycles. The van der Waals surface area contributed by atoms with Crippen molar-refractivity contribution in [2.24, 2.45) is 5.92 Å². The molecule has 3 N–H and O–H groups in total. The summed E-state index contributed by atoms with van der Waals surface area (Å²) in [5.74, 6) is 1.22. The lowest BCUT2D eigenvalue weighted by atomic mass is 9.49. The number of aromatic nitrogens is 5. The summed E-state index contributed by atoms with van der Waals surface area (Å²) in [7, 11) is 17.1. The molecule has 1 aliphatic heterocycles. The highest BCUT2D eigenvalue weighted by Gasteiger charge is 2.43. The Hall–Kier alpha value is -2.97. The van der Waals surface area contributed by atoms with Gasteiger partial charge in [0.05, 0.1) is 35.3 Å². The number of fused-ring (bicyclic) bond motifs is 1. The highest BCUT2D eigenvalue weighted by Crippen LogP contribution is 2.37. The lowest BCUT2D eigenvalue weighted by Gasteiger charge is -2.41. The molecule has 1 saturated heterocycles. The summed E-state index contributed by atoms with van der Waals surface area (Å²) in [6, 6.07) is 3.66. The summed E-state index contributed by atoms with van der Waals surface area (Å²) in [5, 5.41) is 25.3. The number of hydrogen-bond donors (Lipinski definition) is 3. The van der Waals surface area contributed by atoms with E-state index in [2.05, 4.69) is 32.3 Å². The maximum Gasteiger partial charge on any atom is 0.257 e. The van der Waals surface area contributed by atoms with Gasteiger partial charge < -0.3 is 24.9 Å². The summed E-state index contributed by atoms with van der Waals surface area (Å²) in [5.41, 5.74) is 0.306. The molecule has 0 bridgehead atoms. The van der Waals surface area contributed by atoms with E-state index < -0.39 is 16.9 Å². The number of aliphatic hydroxyl groups is 1. The van der Waals surface area contributed by atoms with Crippen LogP contribution >= 0.6 is 0 Å². The maximum absolute atomic E-state index is 10.2. The van der Waals surface area contributed by atoms with Crippen molar-refractivity contribution >= 4 is 46.2 Å². The highest BCUT2D eigenvalue weighted by atomic mass is 16.5. The molecule has 0 amide bonds. The van der Waals surface area contributed by atoms with Crippen LogP contribution < -0.4 is 10.1 Å². The molecular weight excluding hydrogens is 431 g/mol. The largest absolute Gasteiger partial charge is 0.469 e. The Morgan fingerprint density at radius 2 is 2.21 bits per heavy atom. The maximum atomic E-state index is 10.2. The van der Waals surface area contributed by atoms with Gasteiger partial charge >= 0.3 is 0 Å². The number of hydrogen-bond acceptors (Lipinski definition) is 8. The number of rotatable bonds is 5. The van der Waals surface area contributed by atoms with Crippen LogP contribution in [0.5, 0.6) is 5.88 Å². The molecule has 1 aliphatic carbocycles. The SMILES string of the molecule is CC1CCOC1.[B]C([B])([B])n1cc(Nc2ncc3cc(C#N)[nH]c3n2)c(OC2CC[C@@]2(C)O)n1. The third-order valence-electron chi connectivity index (χ3n) is 5.83. The molecule has 2 fully saturated rings. The van der Waals surface area contributed by atoms with Crippen molar-refractivity contribution in [3.63, 3.8) is 0 Å². The molecule has 5 rings (SSSR count). The van der Waals surface area contributed by atoms with E-state index in [4.69, 9.17) is 38.3 Å². The first kappa shape index (κ1) is 24.2. The van der Waals surface area contributed by atoms with Crippen LogP contribution in [0.4, 0.5) is 11.6 Å². The van der Waals surface area contributed by atoms with E-state index in [1.54, 1.807) is 19.2 Å². The Morgan fingerprint density at radius 1 is 1.41 bits per heavy atom. The normalized spacial score (nSPS) is 24.1. The van der Waals surface area contributed by atoms with Gasteiger partial charge in [-0.2, -0.15) is 10.2 Å². The van der Waals surface area contributed by atoms with Crippen LogP contribution in [0.3, 0.4) is 0 Å². The zero-order chi connectivity index (χ0) is 24.5. The molecule has 0 spiro atoms. The fourth-order valence-corrected chi connectivity index (χ4v) is 3.54. The van der Waals surface area contributed by atoms with Crippen LogP contribution in [0.15, 0.2) is 18.5 Å². The van der Waals surface area contributed by atoms with Gasteiger partial charge in [0.25, 0.3) is 5.88 Å². The average Bonchev–Trinajstić information content (AvgIpc) is 3.51. The highest BCUT2D eigenvalue weighted by molar-refractivity contribution is 6.56. The monoisotopic (exact) mass is 455 g/mol. The Kier molecular flexibility index (Phi) is 6.65. The topological polar surface area (TPSA) is 134 Å². The predicted molar refractivity (Wildman–Crippen MR) is 128 cm³/mol. The van der Waals surface area contributed by atoms with Crippen LogP contribution in [0.25, 0.3) is 11.0 Å². The number of anilines is 2. The zero-order valence-corrected chi connectivity index (χ0v) is 19.2. The van der Waals surface area contributed by atoms with Gasteiger partial charge in [-0.25, -0.2) is 4.98 Å². The molecular formula is C21H24B3N7O3. The minimum absolute atomic E-state index is 0.156. The van der Waals surface area contributed by atoms with Crippen LogP contribution in [-0.4, -0.2) is 78.3 Å². The standard InChI is InChI=1S/C16H14B3N7O2.C5H10O/c1-15(27)3-2-11(15)28-13-10(7-26(25-13)16(17,18)19)23-14-21-6-8-4-9(5-20)22-12(8)24-14;1-5-2-3-6-4-5/h4,6-7,11,27H,2-3H2,1H3,(H2,21,22,23,24);5H,2-4H2,1H3/t11?,15-;/m1./s1. The second kappa shape index (κ2) is 9.35. The molecule has 170 valence electrons. The number of nitriles is 1. The third-order valence-corrected chi connectivity index (χ3v) is 5.83.